The normalized spacial score (nSPS) is 10.7. The highest BCUT2D eigenvalue weighted by Crippen LogP contribution is 2.14. The van der Waals surface area contributed by atoms with Crippen LogP contribution in [0.15, 0.2) is 24.3 Å². The van der Waals surface area contributed by atoms with E-state index in [2.05, 4.69) is 5.32 Å². The van der Waals surface area contributed by atoms with Crippen LogP contribution in [0.2, 0.25) is 0 Å². The lowest BCUT2D eigenvalue weighted by Gasteiger charge is -2.31. The van der Waals surface area contributed by atoms with Crippen molar-refractivity contribution in [3.8, 4) is 0 Å². The number of nitrogens with two attached hydrogens (primary N) is 1. The van der Waals surface area contributed by atoms with Crippen LogP contribution in [0.4, 0.5) is 4.39 Å². The van der Waals surface area contributed by atoms with Crippen molar-refractivity contribution in [2.45, 2.75) is 32.2 Å². The minimum absolute atomic E-state index is 0. The second-order valence-corrected chi connectivity index (χ2v) is 4.15. The standard InChI is InChI=1S/C13H19FN2O.ClH/c1-3-13(4-2,9-15)16-12(17)10-5-7-11(14)8-6-10;/h5-8H,3-4,9,15H2,1-2H3,(H,16,17);1H. The van der Waals surface area contributed by atoms with Gasteiger partial charge in [-0.05, 0) is 37.1 Å². The van der Waals surface area contributed by atoms with Crippen molar-refractivity contribution in [1.29, 1.82) is 0 Å². The van der Waals surface area contributed by atoms with Crippen molar-refractivity contribution in [3.05, 3.63) is 35.6 Å². The zero-order chi connectivity index (χ0) is 12.9. The second-order valence-electron chi connectivity index (χ2n) is 4.15. The first-order valence-electron chi connectivity index (χ1n) is 5.85. The minimum atomic E-state index is -0.370. The zero-order valence-corrected chi connectivity index (χ0v) is 11.5. The van der Waals surface area contributed by atoms with Crippen molar-refractivity contribution in [2.75, 3.05) is 6.54 Å². The number of nitrogens with one attached hydrogen (secondary N) is 1. The summed E-state index contributed by atoms with van der Waals surface area (Å²) < 4.78 is 12.7. The second kappa shape index (κ2) is 7.34. The molecule has 1 aromatic rings. The fourth-order valence-electron chi connectivity index (χ4n) is 1.68. The predicted molar refractivity (Wildman–Crippen MR) is 73.5 cm³/mol. The molecule has 0 atom stereocenters. The van der Waals surface area contributed by atoms with E-state index in [1.165, 1.54) is 24.3 Å². The Morgan fingerprint density at radius 3 is 2.17 bits per heavy atom. The van der Waals surface area contributed by atoms with Gasteiger partial charge in [0.1, 0.15) is 5.82 Å². The van der Waals surface area contributed by atoms with Gasteiger partial charge in [0.2, 0.25) is 0 Å². The van der Waals surface area contributed by atoms with Crippen molar-refractivity contribution in [1.82, 2.24) is 5.32 Å². The first-order chi connectivity index (χ1) is 8.06. The fraction of sp³-hybridized carbons (Fsp3) is 0.462. The van der Waals surface area contributed by atoms with Gasteiger partial charge < -0.3 is 11.1 Å². The van der Waals surface area contributed by atoms with Gasteiger partial charge in [-0.25, -0.2) is 4.39 Å². The smallest absolute Gasteiger partial charge is 0.251 e. The Bertz CT molecular complexity index is 369. The van der Waals surface area contributed by atoms with Gasteiger partial charge in [0.15, 0.2) is 0 Å². The molecule has 0 aliphatic rings. The topological polar surface area (TPSA) is 55.1 Å². The molecule has 0 heterocycles. The molecule has 3 N–H and O–H groups in total. The van der Waals surface area contributed by atoms with Crippen LogP contribution in [0.1, 0.15) is 37.0 Å². The third kappa shape index (κ3) is 3.96. The third-order valence-electron chi connectivity index (χ3n) is 3.23. The highest BCUT2D eigenvalue weighted by atomic mass is 35.5. The number of amides is 1. The van der Waals surface area contributed by atoms with Crippen molar-refractivity contribution in [2.24, 2.45) is 5.73 Å². The molecule has 0 radical (unpaired) electrons. The molecule has 0 spiro atoms. The van der Waals surface area contributed by atoms with Gasteiger partial charge >= 0.3 is 0 Å². The molecule has 1 rings (SSSR count). The van der Waals surface area contributed by atoms with Crippen LogP contribution in [-0.2, 0) is 0 Å². The summed E-state index contributed by atoms with van der Waals surface area (Å²) in [6.45, 7) is 4.37. The van der Waals surface area contributed by atoms with E-state index >= 15 is 0 Å². The Morgan fingerprint density at radius 1 is 1.28 bits per heavy atom. The molecule has 0 aliphatic heterocycles. The van der Waals surface area contributed by atoms with E-state index in [4.69, 9.17) is 5.73 Å². The fourth-order valence-corrected chi connectivity index (χ4v) is 1.68. The van der Waals surface area contributed by atoms with Crippen LogP contribution < -0.4 is 11.1 Å². The van der Waals surface area contributed by atoms with Crippen molar-refractivity contribution >= 4 is 18.3 Å². The van der Waals surface area contributed by atoms with Crippen LogP contribution in [0.3, 0.4) is 0 Å². The molecule has 18 heavy (non-hydrogen) atoms. The maximum atomic E-state index is 12.7. The Kier molecular flexibility index (Phi) is 6.88. The Labute approximate surface area is 113 Å². The first-order valence-corrected chi connectivity index (χ1v) is 5.85. The predicted octanol–water partition coefficient (Wildman–Crippen LogP) is 2.49. The molecule has 0 saturated carbocycles. The first kappa shape index (κ1) is 16.9. The van der Waals surface area contributed by atoms with Crippen LogP contribution >= 0.6 is 12.4 Å². The van der Waals surface area contributed by atoms with E-state index in [1.807, 2.05) is 13.8 Å². The maximum absolute atomic E-state index is 12.7. The quantitative estimate of drug-likeness (QED) is 0.867. The van der Waals surface area contributed by atoms with E-state index in [9.17, 15) is 9.18 Å². The summed E-state index contributed by atoms with van der Waals surface area (Å²) in [5.41, 5.74) is 5.79. The molecule has 0 bridgehead atoms. The summed E-state index contributed by atoms with van der Waals surface area (Å²) in [5.74, 6) is -0.559. The average Bonchev–Trinajstić information content (AvgIpc) is 2.37. The summed E-state index contributed by atoms with van der Waals surface area (Å²) >= 11 is 0. The molecule has 1 aromatic carbocycles. The van der Waals surface area contributed by atoms with Gasteiger partial charge in [-0.2, -0.15) is 0 Å². The molecule has 0 fully saturated rings. The largest absolute Gasteiger partial charge is 0.345 e. The van der Waals surface area contributed by atoms with E-state index in [1.54, 1.807) is 0 Å². The molecule has 0 unspecified atom stereocenters. The number of carbonyl (C=O) groups excluding carboxylic acids is 1. The molecule has 0 saturated heterocycles. The number of carbonyl (C=O) groups is 1. The van der Waals surface area contributed by atoms with E-state index in [0.29, 0.717) is 12.1 Å². The number of hydrogen-bond donors (Lipinski definition) is 2. The summed E-state index contributed by atoms with van der Waals surface area (Å²) in [6, 6.07) is 5.49. The molecule has 0 aliphatic carbocycles. The highest BCUT2D eigenvalue weighted by Gasteiger charge is 2.26. The molecule has 102 valence electrons. The van der Waals surface area contributed by atoms with Gasteiger partial charge in [0.05, 0.1) is 5.54 Å². The summed E-state index contributed by atoms with van der Waals surface area (Å²) in [7, 11) is 0. The Balaban J connectivity index is 0.00000289. The average molecular weight is 275 g/mol. The lowest BCUT2D eigenvalue weighted by Crippen LogP contribution is -2.52. The number of hydrogen-bond acceptors (Lipinski definition) is 2. The molecule has 3 nitrogen and oxygen atoms in total. The Hall–Kier alpha value is -1.13. The van der Waals surface area contributed by atoms with Gasteiger partial charge in [0, 0.05) is 12.1 Å². The summed E-state index contributed by atoms with van der Waals surface area (Å²) in [5, 5.41) is 2.93. The lowest BCUT2D eigenvalue weighted by molar-refractivity contribution is 0.0895. The van der Waals surface area contributed by atoms with E-state index in [-0.39, 0.29) is 29.7 Å². The number of rotatable bonds is 5. The summed E-state index contributed by atoms with van der Waals surface area (Å²) in [6.07, 6.45) is 1.54. The SMILES string of the molecule is CCC(CC)(CN)NC(=O)c1ccc(F)cc1.Cl. The van der Waals surface area contributed by atoms with Crippen LogP contribution in [0, 0.1) is 5.82 Å². The minimum Gasteiger partial charge on any atom is -0.345 e. The third-order valence-corrected chi connectivity index (χ3v) is 3.23. The van der Waals surface area contributed by atoms with E-state index in [0.717, 1.165) is 12.8 Å². The molecule has 0 aromatic heterocycles. The van der Waals surface area contributed by atoms with Gasteiger partial charge in [-0.1, -0.05) is 13.8 Å². The molecule has 5 heteroatoms. The van der Waals surface area contributed by atoms with Crippen LogP contribution in [0.5, 0.6) is 0 Å². The van der Waals surface area contributed by atoms with Crippen molar-refractivity contribution < 1.29 is 9.18 Å². The Morgan fingerprint density at radius 2 is 1.78 bits per heavy atom. The van der Waals surface area contributed by atoms with Gasteiger partial charge in [-0.3, -0.25) is 4.79 Å². The van der Waals surface area contributed by atoms with Crippen LogP contribution in [0.25, 0.3) is 0 Å². The van der Waals surface area contributed by atoms with E-state index < -0.39 is 0 Å². The highest BCUT2D eigenvalue weighted by molar-refractivity contribution is 5.94. The van der Waals surface area contributed by atoms with Gasteiger partial charge in [-0.15, -0.1) is 12.4 Å². The monoisotopic (exact) mass is 274 g/mol. The summed E-state index contributed by atoms with van der Waals surface area (Å²) in [4.78, 5) is 12.0. The number of benzene rings is 1. The van der Waals surface area contributed by atoms with Crippen LogP contribution in [-0.4, -0.2) is 18.0 Å². The van der Waals surface area contributed by atoms with Crippen molar-refractivity contribution in [3.63, 3.8) is 0 Å². The molecular formula is C13H20ClFN2O. The lowest BCUT2D eigenvalue weighted by atomic mass is 9.92. The molecule has 1 amide bonds. The number of halogens is 2. The molecular weight excluding hydrogens is 255 g/mol. The maximum Gasteiger partial charge on any atom is 0.251 e. The zero-order valence-electron chi connectivity index (χ0n) is 10.7. The van der Waals surface area contributed by atoms with Gasteiger partial charge in [0.25, 0.3) is 5.91 Å².